The van der Waals surface area contributed by atoms with E-state index in [0.717, 1.165) is 22.3 Å². The molecule has 0 bridgehead atoms. The van der Waals surface area contributed by atoms with Crippen LogP contribution in [-0.2, 0) is 19.1 Å². The second kappa shape index (κ2) is 10.0. The maximum atomic E-state index is 12.8. The number of fused-ring (bicyclic) bond motifs is 3. The van der Waals surface area contributed by atoms with Crippen LogP contribution in [0.15, 0.2) is 48.5 Å². The van der Waals surface area contributed by atoms with Crippen LogP contribution >= 0.6 is 0 Å². The van der Waals surface area contributed by atoms with Gasteiger partial charge in [-0.1, -0.05) is 48.5 Å². The van der Waals surface area contributed by atoms with E-state index in [-0.39, 0.29) is 30.8 Å². The highest BCUT2D eigenvalue weighted by molar-refractivity contribution is 5.86. The number of nitrogens with one attached hydrogen (secondary N) is 1. The van der Waals surface area contributed by atoms with Crippen LogP contribution in [0.5, 0.6) is 0 Å². The number of hydrogen-bond donors (Lipinski definition) is 2. The predicted octanol–water partition coefficient (Wildman–Crippen LogP) is 2.86. The number of carboxylic acids is 1. The van der Waals surface area contributed by atoms with E-state index in [4.69, 9.17) is 14.6 Å². The summed E-state index contributed by atoms with van der Waals surface area (Å²) < 4.78 is 10.7. The topological polar surface area (TPSA) is 105 Å². The van der Waals surface area contributed by atoms with E-state index in [1.54, 1.807) is 4.90 Å². The third-order valence-electron chi connectivity index (χ3n) is 6.28. The molecule has 1 aliphatic heterocycles. The smallest absolute Gasteiger partial charge is 0.407 e. The van der Waals surface area contributed by atoms with Gasteiger partial charge in [0.2, 0.25) is 5.91 Å². The second-order valence-electron chi connectivity index (χ2n) is 8.51. The summed E-state index contributed by atoms with van der Waals surface area (Å²) in [4.78, 5) is 37.9. The summed E-state index contributed by atoms with van der Waals surface area (Å²) in [7, 11) is 1.53. The van der Waals surface area contributed by atoms with E-state index < -0.39 is 18.1 Å². The van der Waals surface area contributed by atoms with Gasteiger partial charge in [-0.05, 0) is 22.3 Å². The average Bonchev–Trinajstić information content (AvgIpc) is 3.10. The van der Waals surface area contributed by atoms with E-state index in [9.17, 15) is 14.4 Å². The number of nitrogens with zero attached hydrogens (tertiary/aromatic N) is 1. The Labute approximate surface area is 192 Å². The van der Waals surface area contributed by atoms with E-state index in [1.165, 1.54) is 7.11 Å². The van der Waals surface area contributed by atoms with Crippen LogP contribution in [0.3, 0.4) is 0 Å². The summed E-state index contributed by atoms with van der Waals surface area (Å²) in [5.41, 5.74) is 4.51. The normalized spacial score (nSPS) is 15.8. The summed E-state index contributed by atoms with van der Waals surface area (Å²) in [6, 6.07) is 15.4. The molecule has 1 heterocycles. The van der Waals surface area contributed by atoms with Crippen LogP contribution < -0.4 is 5.32 Å². The summed E-state index contributed by atoms with van der Waals surface area (Å²) in [5, 5.41) is 11.6. The average molecular weight is 453 g/mol. The largest absolute Gasteiger partial charge is 0.481 e. The SMILES string of the molecule is COCCC(NC(=O)OCC1c2ccccc2-c2ccccc21)C(=O)N1CC(CC(=O)O)C1. The number of ether oxygens (including phenoxy) is 2. The molecule has 2 aromatic carbocycles. The summed E-state index contributed by atoms with van der Waals surface area (Å²) >= 11 is 0. The van der Waals surface area contributed by atoms with Crippen LogP contribution in [0.1, 0.15) is 29.9 Å². The van der Waals surface area contributed by atoms with E-state index >= 15 is 0 Å². The molecule has 0 saturated carbocycles. The van der Waals surface area contributed by atoms with Gasteiger partial charge in [0, 0.05) is 45.1 Å². The van der Waals surface area contributed by atoms with E-state index in [2.05, 4.69) is 17.4 Å². The number of rotatable bonds is 9. The van der Waals surface area contributed by atoms with Gasteiger partial charge in [0.25, 0.3) is 0 Å². The highest BCUT2D eigenvalue weighted by atomic mass is 16.5. The van der Waals surface area contributed by atoms with Crippen molar-refractivity contribution in [2.75, 3.05) is 33.4 Å². The molecule has 0 spiro atoms. The van der Waals surface area contributed by atoms with Crippen LogP contribution in [0.25, 0.3) is 11.1 Å². The van der Waals surface area contributed by atoms with Crippen molar-refractivity contribution in [3.05, 3.63) is 59.7 Å². The molecule has 4 rings (SSSR count). The lowest BCUT2D eigenvalue weighted by molar-refractivity contribution is -0.146. The third-order valence-corrected chi connectivity index (χ3v) is 6.28. The fraction of sp³-hybridized carbons (Fsp3) is 0.400. The molecule has 1 unspecified atom stereocenters. The molecule has 0 radical (unpaired) electrons. The molecule has 2 aromatic rings. The number of carboxylic acid groups (broad SMARTS) is 1. The number of alkyl carbamates (subject to hydrolysis) is 1. The molecule has 0 aromatic heterocycles. The molecular weight excluding hydrogens is 424 g/mol. The number of likely N-dealkylation sites (tertiary alicyclic amines) is 1. The fourth-order valence-electron chi connectivity index (χ4n) is 4.62. The molecule has 1 fully saturated rings. The van der Waals surface area contributed by atoms with Gasteiger partial charge in [-0.15, -0.1) is 0 Å². The van der Waals surface area contributed by atoms with Crippen molar-refractivity contribution < 1.29 is 29.0 Å². The number of hydrogen-bond acceptors (Lipinski definition) is 5. The van der Waals surface area contributed by atoms with E-state index in [0.29, 0.717) is 26.1 Å². The molecule has 1 saturated heterocycles. The lowest BCUT2D eigenvalue weighted by Crippen LogP contribution is -2.57. The highest BCUT2D eigenvalue weighted by Gasteiger charge is 2.36. The van der Waals surface area contributed by atoms with Gasteiger partial charge in [0.1, 0.15) is 12.6 Å². The van der Waals surface area contributed by atoms with Gasteiger partial charge in [0.05, 0.1) is 6.42 Å². The first-order valence-corrected chi connectivity index (χ1v) is 11.1. The van der Waals surface area contributed by atoms with Gasteiger partial charge in [-0.2, -0.15) is 0 Å². The third kappa shape index (κ3) is 5.01. The maximum absolute atomic E-state index is 12.8. The molecule has 1 atom stereocenters. The first-order chi connectivity index (χ1) is 16.0. The molecule has 8 nitrogen and oxygen atoms in total. The number of methoxy groups -OCH3 is 1. The number of amides is 2. The minimum absolute atomic E-state index is 0.0341. The Morgan fingerprint density at radius 2 is 1.67 bits per heavy atom. The summed E-state index contributed by atoms with van der Waals surface area (Å²) in [6.45, 7) is 1.21. The zero-order valence-electron chi connectivity index (χ0n) is 18.5. The van der Waals surface area contributed by atoms with Gasteiger partial charge in [-0.3, -0.25) is 9.59 Å². The Bertz CT molecular complexity index is 988. The minimum atomic E-state index is -0.875. The van der Waals surface area contributed by atoms with Crippen molar-refractivity contribution in [3.63, 3.8) is 0 Å². The Hall–Kier alpha value is -3.39. The molecule has 2 aliphatic rings. The zero-order chi connectivity index (χ0) is 23.4. The minimum Gasteiger partial charge on any atom is -0.481 e. The summed E-state index contributed by atoms with van der Waals surface area (Å²) in [6.07, 6.45) is -0.319. The van der Waals surface area contributed by atoms with Gasteiger partial charge in [0.15, 0.2) is 0 Å². The Kier molecular flexibility index (Phi) is 6.93. The van der Waals surface area contributed by atoms with Crippen molar-refractivity contribution in [1.29, 1.82) is 0 Å². The Morgan fingerprint density at radius 1 is 1.06 bits per heavy atom. The molecule has 8 heteroatoms. The molecule has 1 aliphatic carbocycles. The van der Waals surface area contributed by atoms with Crippen molar-refractivity contribution >= 4 is 18.0 Å². The quantitative estimate of drug-likeness (QED) is 0.606. The lowest BCUT2D eigenvalue weighted by atomic mass is 9.95. The Balaban J connectivity index is 1.36. The monoisotopic (exact) mass is 452 g/mol. The summed E-state index contributed by atoms with van der Waals surface area (Å²) in [5.74, 6) is -1.24. The predicted molar refractivity (Wildman–Crippen MR) is 121 cm³/mol. The van der Waals surface area contributed by atoms with Crippen molar-refractivity contribution in [2.45, 2.75) is 24.8 Å². The number of carbonyl (C=O) groups is 3. The molecule has 174 valence electrons. The van der Waals surface area contributed by atoms with Crippen LogP contribution in [0.4, 0.5) is 4.79 Å². The Morgan fingerprint density at radius 3 is 2.24 bits per heavy atom. The highest BCUT2D eigenvalue weighted by Crippen LogP contribution is 2.44. The van der Waals surface area contributed by atoms with Crippen LogP contribution in [0, 0.1) is 5.92 Å². The molecule has 33 heavy (non-hydrogen) atoms. The second-order valence-corrected chi connectivity index (χ2v) is 8.51. The van der Waals surface area contributed by atoms with Gasteiger partial charge >= 0.3 is 12.1 Å². The van der Waals surface area contributed by atoms with Crippen LogP contribution in [-0.4, -0.2) is 67.4 Å². The van der Waals surface area contributed by atoms with Crippen molar-refractivity contribution in [3.8, 4) is 11.1 Å². The standard InChI is InChI=1S/C25H28N2O6/c1-32-11-10-22(24(30)27-13-16(14-27)12-23(28)29)26-25(31)33-15-21-19-8-4-2-6-17(19)18-7-3-5-9-20(18)21/h2-9,16,21-22H,10-15H2,1H3,(H,26,31)(H,28,29). The first kappa shape index (κ1) is 22.8. The lowest BCUT2D eigenvalue weighted by Gasteiger charge is -2.40. The zero-order valence-corrected chi connectivity index (χ0v) is 18.5. The maximum Gasteiger partial charge on any atom is 0.407 e. The molecular formula is C25H28N2O6. The fourth-order valence-corrected chi connectivity index (χ4v) is 4.62. The number of aliphatic carboxylic acids is 1. The van der Waals surface area contributed by atoms with Crippen molar-refractivity contribution in [1.82, 2.24) is 10.2 Å². The van der Waals surface area contributed by atoms with Gasteiger partial charge in [-0.25, -0.2) is 4.79 Å². The first-order valence-electron chi connectivity index (χ1n) is 11.1. The number of carbonyl (C=O) groups excluding carboxylic acids is 2. The van der Waals surface area contributed by atoms with E-state index in [1.807, 2.05) is 36.4 Å². The molecule has 2 amide bonds. The number of benzene rings is 2. The molecule has 2 N–H and O–H groups in total. The van der Waals surface area contributed by atoms with Crippen molar-refractivity contribution in [2.24, 2.45) is 5.92 Å². The van der Waals surface area contributed by atoms with Crippen LogP contribution in [0.2, 0.25) is 0 Å². The van der Waals surface area contributed by atoms with Gasteiger partial charge < -0.3 is 24.8 Å².